The van der Waals surface area contributed by atoms with Crippen molar-refractivity contribution in [2.75, 3.05) is 21.3 Å². The largest absolute Gasteiger partial charge is 0.495 e. The smallest absolute Gasteiger partial charge is 0.338 e. The molecule has 9 nitrogen and oxygen atoms in total. The molecule has 136 valence electrons. The Hall–Kier alpha value is -2.43. The Morgan fingerprint density at radius 1 is 1.28 bits per heavy atom. The van der Waals surface area contributed by atoms with Crippen LogP contribution < -0.4 is 4.74 Å². The third-order valence-corrected chi connectivity index (χ3v) is 5.00. The predicted octanol–water partition coefficient (Wildman–Crippen LogP) is 1.53. The maximum absolute atomic E-state index is 12.4. The van der Waals surface area contributed by atoms with E-state index < -0.39 is 16.0 Å². The van der Waals surface area contributed by atoms with Gasteiger partial charge in [0, 0.05) is 13.1 Å². The summed E-state index contributed by atoms with van der Waals surface area (Å²) in [6, 6.07) is 5.57. The minimum absolute atomic E-state index is 0.0455. The summed E-state index contributed by atoms with van der Waals surface area (Å²) in [5, 5.41) is 3.71. The van der Waals surface area contributed by atoms with Crippen LogP contribution in [-0.4, -0.2) is 45.3 Å². The summed E-state index contributed by atoms with van der Waals surface area (Å²) in [5.41, 5.74) is 0.496. The van der Waals surface area contributed by atoms with Crippen LogP contribution >= 0.6 is 0 Å². The van der Waals surface area contributed by atoms with Gasteiger partial charge >= 0.3 is 5.97 Å². The number of hydrogen-bond acceptors (Lipinski definition) is 8. The van der Waals surface area contributed by atoms with E-state index >= 15 is 0 Å². The molecule has 0 saturated heterocycles. The van der Waals surface area contributed by atoms with E-state index in [1.54, 1.807) is 13.0 Å². The average Bonchev–Trinajstić information content (AvgIpc) is 3.03. The number of ether oxygens (including phenoxy) is 2. The lowest BCUT2D eigenvalue weighted by Gasteiger charge is -2.17. The van der Waals surface area contributed by atoms with Crippen LogP contribution in [0.3, 0.4) is 0 Å². The predicted molar refractivity (Wildman–Crippen MR) is 85.3 cm³/mol. The van der Waals surface area contributed by atoms with Gasteiger partial charge in [-0.05, 0) is 25.1 Å². The summed E-state index contributed by atoms with van der Waals surface area (Å²) >= 11 is 0. The zero-order valence-electron chi connectivity index (χ0n) is 14.2. The lowest BCUT2D eigenvalue weighted by Crippen LogP contribution is -2.26. The number of esters is 1. The van der Waals surface area contributed by atoms with Gasteiger partial charge in [-0.2, -0.15) is 0 Å². The molecule has 2 aromatic rings. The summed E-state index contributed by atoms with van der Waals surface area (Å²) in [6.45, 7) is 1.62. The molecule has 0 N–H and O–H groups in total. The Balaban J connectivity index is 2.27. The van der Waals surface area contributed by atoms with E-state index in [1.807, 2.05) is 0 Å². The topological polar surface area (TPSA) is 108 Å². The highest BCUT2D eigenvalue weighted by Gasteiger charge is 2.26. The molecule has 0 aliphatic rings. The first-order valence-corrected chi connectivity index (χ1v) is 8.54. The standard InChI is InChI=1S/C15H18N2O7S/c1-10-7-12(16-24-10)9-23-15(18)11-5-6-13(21-3)14(8-11)25(19,20)17(2)22-4/h5-8H,9H2,1-4H3. The molecule has 0 bridgehead atoms. The summed E-state index contributed by atoms with van der Waals surface area (Å²) in [5.74, 6) is -0.0427. The minimum Gasteiger partial charge on any atom is -0.495 e. The fraction of sp³-hybridized carbons (Fsp3) is 0.333. The van der Waals surface area contributed by atoms with E-state index in [0.29, 0.717) is 15.9 Å². The van der Waals surface area contributed by atoms with E-state index in [-0.39, 0.29) is 22.8 Å². The third-order valence-electron chi connectivity index (χ3n) is 3.30. The van der Waals surface area contributed by atoms with Gasteiger partial charge in [-0.1, -0.05) is 9.63 Å². The van der Waals surface area contributed by atoms with Crippen molar-refractivity contribution in [2.45, 2.75) is 18.4 Å². The normalized spacial score (nSPS) is 11.6. The van der Waals surface area contributed by atoms with Crippen LogP contribution in [0.4, 0.5) is 0 Å². The summed E-state index contributed by atoms with van der Waals surface area (Å²) < 4.78 is 40.6. The number of methoxy groups -OCH3 is 1. The van der Waals surface area contributed by atoms with Crippen molar-refractivity contribution in [3.8, 4) is 5.75 Å². The summed E-state index contributed by atoms with van der Waals surface area (Å²) in [7, 11) is -0.236. The number of benzene rings is 1. The fourth-order valence-electron chi connectivity index (χ4n) is 1.95. The molecule has 0 amide bonds. The number of aromatic nitrogens is 1. The molecule has 1 aromatic carbocycles. The molecule has 0 atom stereocenters. The third kappa shape index (κ3) is 4.16. The van der Waals surface area contributed by atoms with Gasteiger partial charge in [-0.15, -0.1) is 0 Å². The first-order valence-electron chi connectivity index (χ1n) is 7.10. The van der Waals surface area contributed by atoms with Crippen LogP contribution in [0.2, 0.25) is 0 Å². The van der Waals surface area contributed by atoms with Gasteiger partial charge in [-0.3, -0.25) is 4.84 Å². The molecule has 0 unspecified atom stereocenters. The number of sulfonamides is 1. The van der Waals surface area contributed by atoms with Gasteiger partial charge in [0.15, 0.2) is 0 Å². The molecule has 1 aromatic heterocycles. The molecule has 0 fully saturated rings. The maximum atomic E-state index is 12.4. The molecule has 0 radical (unpaired) electrons. The van der Waals surface area contributed by atoms with Gasteiger partial charge in [0.1, 0.15) is 28.7 Å². The number of nitrogens with zero attached hydrogens (tertiary/aromatic N) is 2. The Bertz CT molecular complexity index is 861. The highest BCUT2D eigenvalue weighted by atomic mass is 32.2. The highest BCUT2D eigenvalue weighted by molar-refractivity contribution is 7.89. The van der Waals surface area contributed by atoms with E-state index in [1.165, 1.54) is 39.5 Å². The second-order valence-corrected chi connectivity index (χ2v) is 6.87. The molecule has 10 heteroatoms. The lowest BCUT2D eigenvalue weighted by molar-refractivity contribution is -0.0259. The average molecular weight is 370 g/mol. The highest BCUT2D eigenvalue weighted by Crippen LogP contribution is 2.27. The number of hydrogen-bond donors (Lipinski definition) is 0. The molecule has 0 aliphatic carbocycles. The molecule has 0 spiro atoms. The second kappa shape index (κ2) is 7.64. The molecule has 2 rings (SSSR count). The summed E-state index contributed by atoms with van der Waals surface area (Å²) in [4.78, 5) is 16.7. The van der Waals surface area contributed by atoms with E-state index in [2.05, 4.69) is 5.16 Å². The van der Waals surface area contributed by atoms with Crippen molar-refractivity contribution in [3.05, 3.63) is 41.3 Å². The molecule has 1 heterocycles. The number of rotatable bonds is 7. The van der Waals surface area contributed by atoms with Gasteiger partial charge in [-0.25, -0.2) is 13.2 Å². The van der Waals surface area contributed by atoms with Crippen LogP contribution in [0.25, 0.3) is 0 Å². The maximum Gasteiger partial charge on any atom is 0.338 e. The van der Waals surface area contributed by atoms with E-state index in [4.69, 9.17) is 18.8 Å². The molecule has 25 heavy (non-hydrogen) atoms. The first-order chi connectivity index (χ1) is 11.8. The van der Waals surface area contributed by atoms with Crippen molar-refractivity contribution >= 4 is 16.0 Å². The Labute approximate surface area is 145 Å². The number of carbonyl (C=O) groups excluding carboxylic acids is 1. The minimum atomic E-state index is -4.00. The van der Waals surface area contributed by atoms with Gasteiger partial charge in [0.2, 0.25) is 0 Å². The van der Waals surface area contributed by atoms with Crippen LogP contribution in [0.5, 0.6) is 5.75 Å². The van der Waals surface area contributed by atoms with Gasteiger partial charge < -0.3 is 14.0 Å². The molecule has 0 aliphatic heterocycles. The SMILES string of the molecule is COc1ccc(C(=O)OCc2cc(C)on2)cc1S(=O)(=O)N(C)OC. The van der Waals surface area contributed by atoms with Crippen molar-refractivity contribution in [1.29, 1.82) is 0 Å². The Kier molecular flexibility index (Phi) is 5.77. The van der Waals surface area contributed by atoms with Crippen molar-refractivity contribution in [1.82, 2.24) is 9.63 Å². The summed E-state index contributed by atoms with van der Waals surface area (Å²) in [6.07, 6.45) is 0. The zero-order valence-corrected chi connectivity index (χ0v) is 15.0. The quantitative estimate of drug-likeness (QED) is 0.533. The fourth-order valence-corrected chi connectivity index (χ4v) is 3.11. The van der Waals surface area contributed by atoms with Crippen molar-refractivity contribution in [3.63, 3.8) is 0 Å². The van der Waals surface area contributed by atoms with Crippen LogP contribution in [-0.2, 0) is 26.2 Å². The van der Waals surface area contributed by atoms with Crippen LogP contribution in [0.15, 0.2) is 33.7 Å². The van der Waals surface area contributed by atoms with Crippen molar-refractivity contribution in [2.24, 2.45) is 0 Å². The number of carbonyl (C=O) groups is 1. The van der Waals surface area contributed by atoms with Crippen LogP contribution in [0.1, 0.15) is 21.8 Å². The van der Waals surface area contributed by atoms with E-state index in [0.717, 1.165) is 0 Å². The molecule has 0 saturated carbocycles. The van der Waals surface area contributed by atoms with Gasteiger partial charge in [0.05, 0.1) is 19.8 Å². The molecular weight excluding hydrogens is 352 g/mol. The monoisotopic (exact) mass is 370 g/mol. The lowest BCUT2D eigenvalue weighted by atomic mass is 10.2. The zero-order chi connectivity index (χ0) is 18.6. The van der Waals surface area contributed by atoms with Gasteiger partial charge in [0.25, 0.3) is 10.0 Å². The first kappa shape index (κ1) is 18.9. The number of aryl methyl sites for hydroxylation is 1. The molecular formula is C15H18N2O7S. The van der Waals surface area contributed by atoms with E-state index in [9.17, 15) is 13.2 Å². The second-order valence-electron chi connectivity index (χ2n) is 4.97. The Morgan fingerprint density at radius 3 is 2.56 bits per heavy atom. The van der Waals surface area contributed by atoms with Crippen LogP contribution in [0, 0.1) is 6.92 Å². The van der Waals surface area contributed by atoms with Crippen molar-refractivity contribution < 1.29 is 32.0 Å². The Morgan fingerprint density at radius 2 is 2.00 bits per heavy atom. The number of hydroxylamine groups is 1.